The Kier molecular flexibility index (Phi) is 4.12. The highest BCUT2D eigenvalue weighted by molar-refractivity contribution is 4.74. The maximum Gasteiger partial charge on any atom is -0.00420 e. The molecule has 0 rings (SSSR count). The summed E-state index contributed by atoms with van der Waals surface area (Å²) in [6, 6.07) is 0. The smallest absolute Gasteiger partial charge is 0.00420 e. The Morgan fingerprint density at radius 2 is 2.17 bits per heavy atom. The Bertz CT molecular complexity index is 40.8. The molecular formula is C4H10N2. The minimum Gasteiger partial charge on any atom is -0.405 e. The van der Waals surface area contributed by atoms with Crippen molar-refractivity contribution in [2.75, 3.05) is 6.54 Å². The summed E-state index contributed by atoms with van der Waals surface area (Å²) in [5, 5.41) is 0. The van der Waals surface area contributed by atoms with Crippen LogP contribution in [0.5, 0.6) is 0 Å². The van der Waals surface area contributed by atoms with Crippen molar-refractivity contribution in [2.24, 2.45) is 11.5 Å². The summed E-state index contributed by atoms with van der Waals surface area (Å²) in [5.74, 6) is 0. The molecule has 0 aromatic carbocycles. The molecule has 0 aliphatic rings. The molecule has 0 fully saturated rings. The molecule has 0 bridgehead atoms. The Morgan fingerprint density at radius 1 is 1.50 bits per heavy atom. The first kappa shape index (κ1) is 5.50. The fourth-order valence-electron chi connectivity index (χ4n) is 0.192. The highest BCUT2D eigenvalue weighted by Gasteiger charge is 1.64. The summed E-state index contributed by atoms with van der Waals surface area (Å²) in [5.41, 5.74) is 10.1. The second-order valence-corrected chi connectivity index (χ2v) is 1.01. The Labute approximate surface area is 37.8 Å². The summed E-state index contributed by atoms with van der Waals surface area (Å²) < 4.78 is 0. The molecule has 2 nitrogen and oxygen atoms in total. The van der Waals surface area contributed by atoms with Gasteiger partial charge in [0.2, 0.25) is 0 Å². The zero-order valence-electron chi connectivity index (χ0n) is 3.72. The van der Waals surface area contributed by atoms with Crippen LogP contribution in [0.25, 0.3) is 0 Å². The van der Waals surface area contributed by atoms with E-state index in [9.17, 15) is 0 Å². The predicted molar refractivity (Wildman–Crippen MR) is 27.0 cm³/mol. The van der Waals surface area contributed by atoms with Gasteiger partial charge in [0.05, 0.1) is 0 Å². The van der Waals surface area contributed by atoms with Crippen molar-refractivity contribution in [3.8, 4) is 0 Å². The molecule has 0 aromatic rings. The first-order chi connectivity index (χ1) is 2.91. The maximum atomic E-state index is 5.11. The molecular weight excluding hydrogens is 76.1 g/mol. The van der Waals surface area contributed by atoms with E-state index < -0.39 is 0 Å². The van der Waals surface area contributed by atoms with Crippen molar-refractivity contribution >= 4 is 0 Å². The molecule has 0 atom stereocenters. The minimum absolute atomic E-state index is 0.688. The number of hydrogen-bond donors (Lipinski definition) is 2. The van der Waals surface area contributed by atoms with Crippen LogP contribution in [0.2, 0.25) is 0 Å². The number of rotatable bonds is 2. The lowest BCUT2D eigenvalue weighted by molar-refractivity contribution is 1.00. The summed E-state index contributed by atoms with van der Waals surface area (Å²) in [7, 11) is 0. The lowest BCUT2D eigenvalue weighted by atomic mass is 10.4. The third kappa shape index (κ3) is 3.50. The molecule has 0 aliphatic heterocycles. The molecule has 0 heterocycles. The molecule has 0 amide bonds. The quantitative estimate of drug-likeness (QED) is 0.489. The molecule has 0 spiro atoms. The topological polar surface area (TPSA) is 52.0 Å². The van der Waals surface area contributed by atoms with Gasteiger partial charge in [0, 0.05) is 0 Å². The first-order valence-electron chi connectivity index (χ1n) is 1.98. The van der Waals surface area contributed by atoms with E-state index in [0.29, 0.717) is 6.54 Å². The highest BCUT2D eigenvalue weighted by Crippen LogP contribution is 1.70. The van der Waals surface area contributed by atoms with Gasteiger partial charge in [-0.2, -0.15) is 0 Å². The Morgan fingerprint density at radius 3 is 2.33 bits per heavy atom. The van der Waals surface area contributed by atoms with Crippen molar-refractivity contribution in [1.29, 1.82) is 0 Å². The van der Waals surface area contributed by atoms with E-state index >= 15 is 0 Å². The van der Waals surface area contributed by atoms with Gasteiger partial charge < -0.3 is 11.5 Å². The lowest BCUT2D eigenvalue weighted by Crippen LogP contribution is -1.95. The van der Waals surface area contributed by atoms with E-state index in [2.05, 4.69) is 0 Å². The van der Waals surface area contributed by atoms with E-state index in [0.717, 1.165) is 6.42 Å². The third-order valence-corrected chi connectivity index (χ3v) is 0.469. The van der Waals surface area contributed by atoms with Gasteiger partial charge in [-0.15, -0.1) is 0 Å². The molecule has 36 valence electrons. The molecule has 0 unspecified atom stereocenters. The monoisotopic (exact) mass is 86.1 g/mol. The van der Waals surface area contributed by atoms with Crippen LogP contribution in [0.4, 0.5) is 0 Å². The molecule has 0 radical (unpaired) electrons. The van der Waals surface area contributed by atoms with Crippen LogP contribution in [0.15, 0.2) is 12.3 Å². The van der Waals surface area contributed by atoms with Crippen molar-refractivity contribution in [3.05, 3.63) is 12.3 Å². The lowest BCUT2D eigenvalue weighted by Gasteiger charge is -1.77. The maximum absolute atomic E-state index is 5.11. The number of hydrogen-bond acceptors (Lipinski definition) is 2. The van der Waals surface area contributed by atoms with Gasteiger partial charge in [-0.25, -0.2) is 0 Å². The molecule has 0 saturated carbocycles. The highest BCUT2D eigenvalue weighted by atomic mass is 14.5. The van der Waals surface area contributed by atoms with Gasteiger partial charge in [-0.1, -0.05) is 6.08 Å². The van der Waals surface area contributed by atoms with E-state index in [4.69, 9.17) is 11.5 Å². The normalized spacial score (nSPS) is 10.2. The molecule has 0 saturated heterocycles. The molecule has 4 N–H and O–H groups in total. The largest absolute Gasteiger partial charge is 0.405 e. The van der Waals surface area contributed by atoms with Crippen molar-refractivity contribution < 1.29 is 0 Å². The van der Waals surface area contributed by atoms with Gasteiger partial charge in [0.15, 0.2) is 0 Å². The summed E-state index contributed by atoms with van der Waals surface area (Å²) in [4.78, 5) is 0. The first-order valence-corrected chi connectivity index (χ1v) is 1.98. The van der Waals surface area contributed by atoms with Gasteiger partial charge in [-0.05, 0) is 19.2 Å². The third-order valence-electron chi connectivity index (χ3n) is 0.469. The summed E-state index contributed by atoms with van der Waals surface area (Å²) in [6.07, 6.45) is 4.23. The van der Waals surface area contributed by atoms with E-state index in [1.54, 1.807) is 0 Å². The van der Waals surface area contributed by atoms with Crippen molar-refractivity contribution in [3.63, 3.8) is 0 Å². The fraction of sp³-hybridized carbons (Fsp3) is 0.500. The molecule has 0 aliphatic carbocycles. The van der Waals surface area contributed by atoms with Gasteiger partial charge in [0.1, 0.15) is 0 Å². The van der Waals surface area contributed by atoms with Crippen LogP contribution in [0.3, 0.4) is 0 Å². The second-order valence-electron chi connectivity index (χ2n) is 1.01. The van der Waals surface area contributed by atoms with Crippen molar-refractivity contribution in [2.45, 2.75) is 6.42 Å². The van der Waals surface area contributed by atoms with Crippen molar-refractivity contribution in [1.82, 2.24) is 0 Å². The Hall–Kier alpha value is -0.500. The number of nitrogens with two attached hydrogens (primary N) is 2. The fourth-order valence-corrected chi connectivity index (χ4v) is 0.192. The van der Waals surface area contributed by atoms with Crippen LogP contribution >= 0.6 is 0 Å². The van der Waals surface area contributed by atoms with Crippen LogP contribution in [0, 0.1) is 0 Å². The van der Waals surface area contributed by atoms with Crippen LogP contribution in [-0.4, -0.2) is 6.54 Å². The summed E-state index contributed by atoms with van der Waals surface area (Å²) >= 11 is 0. The predicted octanol–water partition coefficient (Wildman–Crippen LogP) is -0.192. The molecule has 2 heteroatoms. The van der Waals surface area contributed by atoms with Crippen LogP contribution in [0.1, 0.15) is 6.42 Å². The van der Waals surface area contributed by atoms with E-state index in [1.807, 2.05) is 6.08 Å². The van der Waals surface area contributed by atoms with Crippen LogP contribution < -0.4 is 11.5 Å². The SMILES string of the molecule is N/C=C\CCN. The van der Waals surface area contributed by atoms with Gasteiger partial charge in [-0.3, -0.25) is 0 Å². The van der Waals surface area contributed by atoms with Gasteiger partial charge >= 0.3 is 0 Å². The van der Waals surface area contributed by atoms with Crippen LogP contribution in [-0.2, 0) is 0 Å². The molecule has 6 heavy (non-hydrogen) atoms. The average Bonchev–Trinajstić information content (AvgIpc) is 1.61. The molecule has 0 aromatic heterocycles. The van der Waals surface area contributed by atoms with Gasteiger partial charge in [0.25, 0.3) is 0 Å². The van der Waals surface area contributed by atoms with E-state index in [1.165, 1.54) is 6.20 Å². The average molecular weight is 86.1 g/mol. The Balaban J connectivity index is 2.66. The minimum atomic E-state index is 0.688. The second kappa shape index (κ2) is 4.50. The summed E-state index contributed by atoms with van der Waals surface area (Å²) in [6.45, 7) is 0.688. The standard InChI is InChI=1S/C4H10N2/c5-3-1-2-4-6/h1,3H,2,4-6H2/b3-1-. The zero-order chi connectivity index (χ0) is 4.83. The van der Waals surface area contributed by atoms with E-state index in [-0.39, 0.29) is 0 Å². The zero-order valence-corrected chi connectivity index (χ0v) is 3.72.